The molecule has 0 saturated heterocycles. The Hall–Kier alpha value is -1.84. The van der Waals surface area contributed by atoms with Gasteiger partial charge >= 0.3 is 0 Å². The van der Waals surface area contributed by atoms with Crippen molar-refractivity contribution >= 4 is 0 Å². The zero-order valence-corrected chi connectivity index (χ0v) is 11.3. The topological polar surface area (TPSA) is 39.9 Å². The fourth-order valence-corrected chi connectivity index (χ4v) is 2.52. The van der Waals surface area contributed by atoms with Crippen LogP contribution in [0.4, 0.5) is 0 Å². The van der Waals surface area contributed by atoms with E-state index in [1.807, 2.05) is 22.9 Å². The lowest BCUT2D eigenvalue weighted by molar-refractivity contribution is 0.297. The van der Waals surface area contributed by atoms with Gasteiger partial charge in [-0.1, -0.05) is 43.5 Å². The van der Waals surface area contributed by atoms with Crippen LogP contribution in [0.1, 0.15) is 38.3 Å². The van der Waals surface area contributed by atoms with Crippen LogP contribution in [-0.2, 0) is 13.2 Å². The fraction of sp³-hybridized carbons (Fsp3) is 0.467. The average molecular weight is 257 g/mol. The molecular weight excluding hydrogens is 238 g/mol. The van der Waals surface area contributed by atoms with E-state index in [0.717, 1.165) is 35.7 Å². The molecule has 0 N–H and O–H groups in total. The molecule has 1 aromatic carbocycles. The third-order valence-corrected chi connectivity index (χ3v) is 3.53. The van der Waals surface area contributed by atoms with Crippen molar-refractivity contribution < 1.29 is 4.74 Å². The Balaban J connectivity index is 1.84. The maximum Gasteiger partial charge on any atom is 0.134 e. The zero-order valence-electron chi connectivity index (χ0n) is 11.3. The van der Waals surface area contributed by atoms with Gasteiger partial charge in [0.25, 0.3) is 0 Å². The van der Waals surface area contributed by atoms with Gasteiger partial charge in [-0.05, 0) is 18.6 Å². The molecule has 0 saturated carbocycles. The summed E-state index contributed by atoms with van der Waals surface area (Å²) in [6.45, 7) is 3.70. The number of hydrogen-bond acceptors (Lipinski definition) is 3. The fourth-order valence-electron chi connectivity index (χ4n) is 2.52. The Kier molecular flexibility index (Phi) is 3.49. The van der Waals surface area contributed by atoms with E-state index in [0.29, 0.717) is 6.61 Å². The normalized spacial score (nSPS) is 12.7. The Morgan fingerprint density at radius 3 is 3.00 bits per heavy atom. The number of para-hydroxylation sites is 1. The minimum absolute atomic E-state index is 0.529. The summed E-state index contributed by atoms with van der Waals surface area (Å²) in [6.07, 6.45) is 4.96. The van der Waals surface area contributed by atoms with Crippen LogP contribution in [0.25, 0.3) is 11.3 Å². The Morgan fingerprint density at radius 1 is 1.21 bits per heavy atom. The third kappa shape index (κ3) is 2.35. The van der Waals surface area contributed by atoms with Crippen LogP contribution < -0.4 is 4.74 Å². The van der Waals surface area contributed by atoms with Gasteiger partial charge in [0.2, 0.25) is 0 Å². The predicted molar refractivity (Wildman–Crippen MR) is 73.9 cm³/mol. The van der Waals surface area contributed by atoms with Crippen molar-refractivity contribution in [2.45, 2.75) is 45.8 Å². The van der Waals surface area contributed by atoms with Gasteiger partial charge < -0.3 is 4.74 Å². The smallest absolute Gasteiger partial charge is 0.134 e. The number of unbranched alkanes of at least 4 members (excludes halogenated alkanes) is 3. The van der Waals surface area contributed by atoms with Gasteiger partial charge in [-0.15, -0.1) is 5.10 Å². The first kappa shape index (κ1) is 12.2. The van der Waals surface area contributed by atoms with E-state index in [1.165, 1.54) is 19.3 Å². The molecule has 0 amide bonds. The highest BCUT2D eigenvalue weighted by Crippen LogP contribution is 2.36. The van der Waals surface area contributed by atoms with Crippen molar-refractivity contribution in [1.29, 1.82) is 0 Å². The first-order valence-corrected chi connectivity index (χ1v) is 7.04. The molecule has 1 aliphatic rings. The second-order valence-electron chi connectivity index (χ2n) is 4.95. The van der Waals surface area contributed by atoms with E-state index >= 15 is 0 Å². The molecule has 0 spiro atoms. The maximum absolute atomic E-state index is 5.69. The monoisotopic (exact) mass is 257 g/mol. The van der Waals surface area contributed by atoms with Crippen LogP contribution in [-0.4, -0.2) is 15.0 Å². The summed E-state index contributed by atoms with van der Waals surface area (Å²) in [5, 5.41) is 8.52. The summed E-state index contributed by atoms with van der Waals surface area (Å²) in [6, 6.07) is 8.12. The summed E-state index contributed by atoms with van der Waals surface area (Å²) in [7, 11) is 0. The summed E-state index contributed by atoms with van der Waals surface area (Å²) < 4.78 is 7.72. The molecule has 4 heteroatoms. The van der Waals surface area contributed by atoms with Gasteiger partial charge in [0.15, 0.2) is 0 Å². The second-order valence-corrected chi connectivity index (χ2v) is 4.95. The van der Waals surface area contributed by atoms with E-state index in [-0.39, 0.29) is 0 Å². The number of nitrogens with zero attached hydrogens (tertiary/aromatic N) is 3. The molecule has 0 unspecified atom stereocenters. The van der Waals surface area contributed by atoms with Gasteiger partial charge in [0, 0.05) is 12.1 Å². The van der Waals surface area contributed by atoms with Gasteiger partial charge in [0.1, 0.15) is 18.1 Å². The molecule has 0 aliphatic carbocycles. The lowest BCUT2D eigenvalue weighted by atomic mass is 10.1. The molecule has 1 aromatic heterocycles. The van der Waals surface area contributed by atoms with Gasteiger partial charge in [-0.2, -0.15) is 0 Å². The standard InChI is InChI=1S/C15H19N3O/c1-2-3-4-7-10-18-15-12-8-5-6-9-14(12)19-11-13(15)16-17-18/h5-6,8-9H,2-4,7,10-11H2,1H3. The van der Waals surface area contributed by atoms with Crippen LogP contribution in [0.3, 0.4) is 0 Å². The number of rotatable bonds is 5. The Morgan fingerprint density at radius 2 is 2.11 bits per heavy atom. The van der Waals surface area contributed by atoms with Crippen LogP contribution in [0.2, 0.25) is 0 Å². The van der Waals surface area contributed by atoms with Crippen molar-refractivity contribution in [3.8, 4) is 17.0 Å². The number of benzene rings is 1. The Bertz CT molecular complexity index is 562. The van der Waals surface area contributed by atoms with Gasteiger partial charge in [-0.3, -0.25) is 0 Å². The number of ether oxygens (including phenoxy) is 1. The van der Waals surface area contributed by atoms with E-state index in [2.05, 4.69) is 23.3 Å². The summed E-state index contributed by atoms with van der Waals surface area (Å²) in [5.41, 5.74) is 3.21. The van der Waals surface area contributed by atoms with Gasteiger partial charge in [-0.25, -0.2) is 4.68 Å². The summed E-state index contributed by atoms with van der Waals surface area (Å²) in [5.74, 6) is 0.937. The number of hydrogen-bond donors (Lipinski definition) is 0. The van der Waals surface area contributed by atoms with Crippen LogP contribution in [0.5, 0.6) is 5.75 Å². The molecule has 0 atom stereocenters. The van der Waals surface area contributed by atoms with E-state index in [9.17, 15) is 0 Å². The molecule has 0 radical (unpaired) electrons. The van der Waals surface area contributed by atoms with Crippen molar-refractivity contribution in [1.82, 2.24) is 15.0 Å². The highest BCUT2D eigenvalue weighted by atomic mass is 16.5. The van der Waals surface area contributed by atoms with Crippen molar-refractivity contribution in [3.05, 3.63) is 30.0 Å². The predicted octanol–water partition coefficient (Wildman–Crippen LogP) is 3.42. The van der Waals surface area contributed by atoms with Gasteiger partial charge in [0.05, 0.1) is 5.69 Å². The van der Waals surface area contributed by atoms with Crippen LogP contribution >= 0.6 is 0 Å². The molecule has 2 aromatic rings. The highest BCUT2D eigenvalue weighted by Gasteiger charge is 2.22. The molecule has 2 heterocycles. The molecular formula is C15H19N3O. The lowest BCUT2D eigenvalue weighted by Crippen LogP contribution is -2.09. The zero-order chi connectivity index (χ0) is 13.1. The van der Waals surface area contributed by atoms with E-state index < -0.39 is 0 Å². The number of aryl methyl sites for hydroxylation is 1. The minimum atomic E-state index is 0.529. The summed E-state index contributed by atoms with van der Waals surface area (Å²) >= 11 is 0. The van der Waals surface area contributed by atoms with Crippen molar-refractivity contribution in [2.24, 2.45) is 0 Å². The molecule has 3 rings (SSSR count). The van der Waals surface area contributed by atoms with Crippen LogP contribution in [0.15, 0.2) is 24.3 Å². The number of aromatic nitrogens is 3. The molecule has 100 valence electrons. The van der Waals surface area contributed by atoms with Crippen molar-refractivity contribution in [2.75, 3.05) is 0 Å². The second kappa shape index (κ2) is 5.43. The largest absolute Gasteiger partial charge is 0.486 e. The quantitative estimate of drug-likeness (QED) is 0.770. The average Bonchev–Trinajstić information content (AvgIpc) is 2.87. The Labute approximate surface area is 113 Å². The first-order chi connectivity index (χ1) is 9.40. The first-order valence-electron chi connectivity index (χ1n) is 7.04. The third-order valence-electron chi connectivity index (χ3n) is 3.53. The summed E-state index contributed by atoms with van der Waals surface area (Å²) in [4.78, 5) is 0. The number of fused-ring (bicyclic) bond motifs is 3. The minimum Gasteiger partial charge on any atom is -0.486 e. The van der Waals surface area contributed by atoms with Crippen LogP contribution in [0, 0.1) is 0 Å². The van der Waals surface area contributed by atoms with E-state index in [4.69, 9.17) is 4.74 Å². The highest BCUT2D eigenvalue weighted by molar-refractivity contribution is 5.70. The maximum atomic E-state index is 5.69. The SMILES string of the molecule is CCCCCCn1nnc2c1-c1ccccc1OC2. The molecule has 0 fully saturated rings. The van der Waals surface area contributed by atoms with Crippen molar-refractivity contribution in [3.63, 3.8) is 0 Å². The molecule has 1 aliphatic heterocycles. The molecule has 4 nitrogen and oxygen atoms in total. The molecule has 0 bridgehead atoms. The van der Waals surface area contributed by atoms with E-state index in [1.54, 1.807) is 0 Å². The molecule has 19 heavy (non-hydrogen) atoms. The lowest BCUT2D eigenvalue weighted by Gasteiger charge is -2.17.